The number of benzene rings is 2. The van der Waals surface area contributed by atoms with Crippen molar-refractivity contribution >= 4 is 22.7 Å². The molecular weight excluding hydrogens is 390 g/mol. The minimum absolute atomic E-state index is 0.0829. The van der Waals surface area contributed by atoms with Crippen molar-refractivity contribution in [3.63, 3.8) is 0 Å². The summed E-state index contributed by atoms with van der Waals surface area (Å²) in [6.07, 6.45) is 3.72. The summed E-state index contributed by atoms with van der Waals surface area (Å²) < 4.78 is 2.23. The van der Waals surface area contributed by atoms with E-state index in [0.29, 0.717) is 12.1 Å². The second-order valence-electron chi connectivity index (χ2n) is 8.34. The highest BCUT2D eigenvalue weighted by molar-refractivity contribution is 5.88. The average Bonchev–Trinajstić information content (AvgIpc) is 3.35. The van der Waals surface area contributed by atoms with Gasteiger partial charge in [0, 0.05) is 37.8 Å². The van der Waals surface area contributed by atoms with Crippen molar-refractivity contribution < 1.29 is 14.7 Å². The molecule has 0 bridgehead atoms. The largest absolute Gasteiger partial charge is 0.508 e. The molecule has 3 aromatic rings. The number of carbonyl (C=O) groups excluding carboxylic acids is 2. The number of nitrogens with one attached hydrogen (secondary N) is 1. The lowest BCUT2D eigenvalue weighted by atomic mass is 10.0. The number of likely N-dealkylation sites (tertiary alicyclic amines) is 1. The van der Waals surface area contributed by atoms with E-state index < -0.39 is 6.04 Å². The lowest BCUT2D eigenvalue weighted by Crippen LogP contribution is -2.44. The van der Waals surface area contributed by atoms with Crippen molar-refractivity contribution in [1.29, 1.82) is 0 Å². The molecule has 2 heterocycles. The molecule has 2 atom stereocenters. The Morgan fingerprint density at radius 1 is 1.16 bits per heavy atom. The second-order valence-corrected chi connectivity index (χ2v) is 8.34. The first-order valence-electron chi connectivity index (χ1n) is 10.8. The molecule has 2 amide bonds. The summed E-state index contributed by atoms with van der Waals surface area (Å²) >= 11 is 0. The van der Waals surface area contributed by atoms with E-state index >= 15 is 0 Å². The van der Waals surface area contributed by atoms with Crippen molar-refractivity contribution in [2.24, 2.45) is 7.05 Å². The first kappa shape index (κ1) is 21.0. The van der Waals surface area contributed by atoms with Gasteiger partial charge in [0.05, 0.1) is 0 Å². The van der Waals surface area contributed by atoms with Crippen molar-refractivity contribution in [2.75, 3.05) is 6.54 Å². The number of nitrogens with zero attached hydrogens (tertiary/aromatic N) is 2. The van der Waals surface area contributed by atoms with Crippen LogP contribution in [-0.4, -0.2) is 39.0 Å². The van der Waals surface area contributed by atoms with Gasteiger partial charge in [-0.1, -0.05) is 30.3 Å². The molecule has 4 rings (SSSR count). The maximum atomic E-state index is 13.4. The van der Waals surface area contributed by atoms with Gasteiger partial charge in [-0.2, -0.15) is 0 Å². The van der Waals surface area contributed by atoms with Crippen molar-refractivity contribution in [1.82, 2.24) is 14.8 Å². The van der Waals surface area contributed by atoms with E-state index in [-0.39, 0.29) is 23.6 Å². The summed E-state index contributed by atoms with van der Waals surface area (Å²) in [5.74, 6) is -0.204. The number of amides is 2. The van der Waals surface area contributed by atoms with Gasteiger partial charge in [-0.25, -0.2) is 0 Å². The minimum atomic E-state index is -0.740. The molecule has 0 aliphatic carbocycles. The Morgan fingerprint density at radius 2 is 1.90 bits per heavy atom. The molecule has 162 valence electrons. The molecule has 0 spiro atoms. The molecule has 0 unspecified atom stereocenters. The molecule has 31 heavy (non-hydrogen) atoms. The van der Waals surface area contributed by atoms with E-state index in [1.165, 1.54) is 23.5 Å². The zero-order chi connectivity index (χ0) is 22.0. The van der Waals surface area contributed by atoms with Crippen LogP contribution in [0.3, 0.4) is 0 Å². The number of rotatable bonds is 6. The molecule has 1 saturated heterocycles. The molecule has 1 aromatic heterocycles. The first-order valence-corrected chi connectivity index (χ1v) is 10.8. The molecule has 0 saturated carbocycles. The highest BCUT2D eigenvalue weighted by Crippen LogP contribution is 2.28. The van der Waals surface area contributed by atoms with Crippen LogP contribution in [0.5, 0.6) is 5.75 Å². The number of carbonyl (C=O) groups is 2. The van der Waals surface area contributed by atoms with Crippen molar-refractivity contribution in [2.45, 2.75) is 44.7 Å². The number of aromatic hydroxyl groups is 1. The van der Waals surface area contributed by atoms with Crippen LogP contribution in [0.2, 0.25) is 0 Å². The van der Waals surface area contributed by atoms with Crippen molar-refractivity contribution in [3.8, 4) is 5.75 Å². The van der Waals surface area contributed by atoms with Gasteiger partial charge in [0.25, 0.3) is 0 Å². The zero-order valence-corrected chi connectivity index (χ0v) is 18.0. The lowest BCUT2D eigenvalue weighted by molar-refractivity contribution is -0.137. The van der Waals surface area contributed by atoms with Gasteiger partial charge in [-0.05, 0) is 60.9 Å². The van der Waals surface area contributed by atoms with E-state index in [9.17, 15) is 14.7 Å². The predicted molar refractivity (Wildman–Crippen MR) is 121 cm³/mol. The average molecular weight is 420 g/mol. The maximum Gasteiger partial charge on any atom is 0.250 e. The van der Waals surface area contributed by atoms with E-state index in [4.69, 9.17) is 0 Å². The summed E-state index contributed by atoms with van der Waals surface area (Å²) in [4.78, 5) is 27.2. The van der Waals surface area contributed by atoms with Gasteiger partial charge in [0.1, 0.15) is 11.8 Å². The fourth-order valence-corrected chi connectivity index (χ4v) is 4.65. The monoisotopic (exact) mass is 419 g/mol. The summed E-state index contributed by atoms with van der Waals surface area (Å²) in [6.45, 7) is 2.12. The predicted octanol–water partition coefficient (Wildman–Crippen LogP) is 3.68. The molecule has 2 aromatic carbocycles. The van der Waals surface area contributed by atoms with E-state index in [1.807, 2.05) is 4.90 Å². The Balaban J connectivity index is 1.50. The van der Waals surface area contributed by atoms with E-state index in [0.717, 1.165) is 25.7 Å². The number of para-hydroxylation sites is 1. The van der Waals surface area contributed by atoms with E-state index in [2.05, 4.69) is 47.3 Å². The fourth-order valence-electron chi connectivity index (χ4n) is 4.65. The minimum Gasteiger partial charge on any atom is -0.508 e. The van der Waals surface area contributed by atoms with Crippen LogP contribution in [0, 0.1) is 0 Å². The zero-order valence-electron chi connectivity index (χ0n) is 18.0. The number of hydrogen-bond donors (Lipinski definition) is 2. The van der Waals surface area contributed by atoms with Crippen LogP contribution in [0.1, 0.15) is 43.5 Å². The van der Waals surface area contributed by atoms with Crippen LogP contribution in [-0.2, 0) is 23.1 Å². The normalized spacial score (nSPS) is 17.1. The number of hydrogen-bond acceptors (Lipinski definition) is 3. The van der Waals surface area contributed by atoms with Gasteiger partial charge < -0.3 is 19.9 Å². The smallest absolute Gasteiger partial charge is 0.250 e. The van der Waals surface area contributed by atoms with Gasteiger partial charge in [-0.15, -0.1) is 0 Å². The Kier molecular flexibility index (Phi) is 5.98. The highest BCUT2D eigenvalue weighted by Gasteiger charge is 2.34. The quantitative estimate of drug-likeness (QED) is 0.640. The number of aryl methyl sites for hydroxylation is 2. The topological polar surface area (TPSA) is 74.6 Å². The van der Waals surface area contributed by atoms with Gasteiger partial charge in [-0.3, -0.25) is 9.59 Å². The number of phenolic OH excluding ortho intramolecular Hbond substituents is 1. The fraction of sp³-hybridized carbons (Fsp3) is 0.360. The third kappa shape index (κ3) is 4.43. The Hall–Kier alpha value is -3.28. The Labute approximate surface area is 182 Å². The number of fused-ring (bicyclic) bond motifs is 1. The molecule has 1 aliphatic heterocycles. The number of phenols is 1. The van der Waals surface area contributed by atoms with Crippen LogP contribution < -0.4 is 5.32 Å². The van der Waals surface area contributed by atoms with Gasteiger partial charge in [0.2, 0.25) is 11.8 Å². The second kappa shape index (κ2) is 8.84. The molecule has 0 radical (unpaired) electrons. The van der Waals surface area contributed by atoms with Crippen LogP contribution in [0.15, 0.2) is 54.6 Å². The third-order valence-corrected chi connectivity index (χ3v) is 6.27. The van der Waals surface area contributed by atoms with Crippen LogP contribution >= 0.6 is 0 Å². The maximum absolute atomic E-state index is 13.4. The SMILES string of the molecule is CC(=O)N[C@@H](C(=O)N1CCC[C@H]1CCc1cc2ccccc2n1C)c1ccc(O)cc1. The molecule has 6 heteroatoms. The number of aromatic nitrogens is 1. The lowest BCUT2D eigenvalue weighted by Gasteiger charge is -2.29. The molecule has 1 fully saturated rings. The Morgan fingerprint density at radius 3 is 2.61 bits per heavy atom. The molecule has 6 nitrogen and oxygen atoms in total. The standard InChI is InChI=1S/C25H29N3O3/c1-17(29)26-24(18-9-13-22(30)14-10-18)25(31)28-15-5-7-20(28)11-12-21-16-19-6-3-4-8-23(19)27(21)2/h3-4,6,8-10,13-14,16,20,24,30H,5,7,11-12,15H2,1-2H3,(H,26,29)/t20-,24+/m0/s1. The summed E-state index contributed by atoms with van der Waals surface area (Å²) in [5, 5.41) is 13.6. The summed E-state index contributed by atoms with van der Waals surface area (Å²) in [6, 6.07) is 16.5. The van der Waals surface area contributed by atoms with Gasteiger partial charge >= 0.3 is 0 Å². The van der Waals surface area contributed by atoms with Crippen LogP contribution in [0.25, 0.3) is 10.9 Å². The molecule has 2 N–H and O–H groups in total. The van der Waals surface area contributed by atoms with Gasteiger partial charge in [0.15, 0.2) is 0 Å². The third-order valence-electron chi connectivity index (χ3n) is 6.27. The summed E-state index contributed by atoms with van der Waals surface area (Å²) in [7, 11) is 2.09. The first-order chi connectivity index (χ1) is 14.9. The van der Waals surface area contributed by atoms with Crippen LogP contribution in [0.4, 0.5) is 0 Å². The highest BCUT2D eigenvalue weighted by atomic mass is 16.3. The molecular formula is C25H29N3O3. The van der Waals surface area contributed by atoms with E-state index in [1.54, 1.807) is 24.3 Å². The molecule has 1 aliphatic rings. The Bertz CT molecular complexity index is 1090. The van der Waals surface area contributed by atoms with Crippen molar-refractivity contribution in [3.05, 3.63) is 65.9 Å². The summed E-state index contributed by atoms with van der Waals surface area (Å²) in [5.41, 5.74) is 3.16.